The Morgan fingerprint density at radius 3 is 1.73 bits per heavy atom. The summed E-state index contributed by atoms with van der Waals surface area (Å²) in [7, 11) is 0. The molecule has 0 saturated heterocycles. The van der Waals surface area contributed by atoms with Crippen molar-refractivity contribution in [1.82, 2.24) is 0 Å². The first-order valence-corrected chi connectivity index (χ1v) is 13.7. The summed E-state index contributed by atoms with van der Waals surface area (Å²) in [6.45, 7) is 0. The van der Waals surface area contributed by atoms with Crippen LogP contribution in [0.2, 0.25) is 0 Å². The van der Waals surface area contributed by atoms with Crippen LogP contribution in [0.15, 0.2) is 174 Å². The molecule has 8 aromatic carbocycles. The molecule has 0 fully saturated rings. The lowest BCUT2D eigenvalue weighted by Crippen LogP contribution is -1.93. The monoisotopic (exact) mass is 593 g/mol. The molecule has 210 valence electrons. The molecule has 0 atom stereocenters. The molecule has 0 bridgehead atoms. The van der Waals surface area contributed by atoms with E-state index in [1.54, 1.807) is 24.3 Å². The Morgan fingerprint density at radius 2 is 0.956 bits per heavy atom. The minimum atomic E-state index is -0.782. The topological polar surface area (TPSA) is 13.1 Å². The van der Waals surface area contributed by atoms with Crippen LogP contribution in [-0.2, 0) is 0 Å². The molecule has 0 aliphatic heterocycles. The summed E-state index contributed by atoms with van der Waals surface area (Å²) in [6, 6.07) is -3.82. The molecule has 0 aliphatic carbocycles. The molecule has 0 N–H and O–H groups in total. The van der Waals surface area contributed by atoms with E-state index in [-0.39, 0.29) is 76.9 Å². The molecule has 1 nitrogen and oxygen atoms in total. The van der Waals surface area contributed by atoms with Gasteiger partial charge in [-0.25, -0.2) is 0 Å². The Morgan fingerprint density at radius 1 is 0.378 bits per heavy atom. The molecule has 45 heavy (non-hydrogen) atoms. The van der Waals surface area contributed by atoms with Crippen LogP contribution in [0.5, 0.6) is 0 Å². The van der Waals surface area contributed by atoms with Crippen LogP contribution in [-0.4, -0.2) is 0 Å². The maximum absolute atomic E-state index is 9.52. The van der Waals surface area contributed by atoms with E-state index < -0.39 is 138 Å². The average molecular weight is 594 g/mol. The lowest BCUT2D eigenvalue weighted by atomic mass is 9.82. The van der Waals surface area contributed by atoms with Crippen molar-refractivity contribution in [1.29, 1.82) is 0 Å². The van der Waals surface area contributed by atoms with E-state index in [1.165, 1.54) is 18.2 Å². The molecule has 0 aliphatic rings. The number of hydrogen-bond donors (Lipinski definition) is 0. The molecule has 9 rings (SSSR count). The number of benzene rings is 8. The first-order chi connectivity index (χ1) is 31.1. The predicted octanol–water partition coefficient (Wildman–Crippen LogP) is 12.6. The maximum Gasteiger partial charge on any atom is 0.136 e. The van der Waals surface area contributed by atoms with Crippen molar-refractivity contribution >= 4 is 43.5 Å². The third-order valence-electron chi connectivity index (χ3n) is 7.70. The van der Waals surface area contributed by atoms with Gasteiger partial charge in [0.2, 0.25) is 0 Å². The van der Waals surface area contributed by atoms with Gasteiger partial charge in [-0.05, 0) is 84.2 Å². The fourth-order valence-electron chi connectivity index (χ4n) is 5.88. The number of rotatable bonds is 4. The van der Waals surface area contributed by atoms with Crippen molar-refractivity contribution in [2.45, 2.75) is 0 Å². The van der Waals surface area contributed by atoms with E-state index >= 15 is 0 Å². The van der Waals surface area contributed by atoms with Crippen molar-refractivity contribution in [3.8, 4) is 44.5 Å². The summed E-state index contributed by atoms with van der Waals surface area (Å²) in [5, 5.41) is 0.0861. The third-order valence-corrected chi connectivity index (χ3v) is 7.70. The Bertz CT molecular complexity index is 3670. The van der Waals surface area contributed by atoms with Gasteiger partial charge in [-0.3, -0.25) is 0 Å². The minimum absolute atomic E-state index is 0.00993. The van der Waals surface area contributed by atoms with E-state index in [2.05, 4.69) is 0 Å². The van der Waals surface area contributed by atoms with E-state index in [1.807, 2.05) is 0 Å². The summed E-state index contributed by atoms with van der Waals surface area (Å²) in [5.41, 5.74) is -2.41. The summed E-state index contributed by atoms with van der Waals surface area (Å²) < 4.78 is 190. The molecule has 9 aromatic rings. The predicted molar refractivity (Wildman–Crippen MR) is 190 cm³/mol. The lowest BCUT2D eigenvalue weighted by molar-refractivity contribution is 0.669. The third kappa shape index (κ3) is 4.09. The fraction of sp³-hybridized carbons (Fsp3) is 0. The summed E-state index contributed by atoms with van der Waals surface area (Å²) in [4.78, 5) is 0. The second-order valence-corrected chi connectivity index (χ2v) is 10.1. The van der Waals surface area contributed by atoms with Crippen molar-refractivity contribution in [3.63, 3.8) is 0 Å². The lowest BCUT2D eigenvalue weighted by Gasteiger charge is -2.21. The highest BCUT2D eigenvalue weighted by molar-refractivity contribution is 6.26. The molecule has 1 aromatic heterocycles. The van der Waals surface area contributed by atoms with Gasteiger partial charge in [-0.2, -0.15) is 0 Å². The fourth-order valence-corrected chi connectivity index (χ4v) is 5.88. The van der Waals surface area contributed by atoms with E-state index in [0.29, 0.717) is 0 Å². The Labute approximate surface area is 291 Å². The summed E-state index contributed by atoms with van der Waals surface area (Å²) in [5.74, 6) is 0. The quantitative estimate of drug-likeness (QED) is 0.185. The van der Waals surface area contributed by atoms with Crippen LogP contribution < -0.4 is 0 Å². The zero-order chi connectivity index (χ0) is 48.0. The number of hydrogen-bond acceptors (Lipinski definition) is 1. The van der Waals surface area contributed by atoms with Gasteiger partial charge in [0.1, 0.15) is 11.2 Å². The Balaban J connectivity index is 1.60. The van der Waals surface area contributed by atoms with E-state index in [9.17, 15) is 4.11 Å². The van der Waals surface area contributed by atoms with Crippen LogP contribution in [0, 0.1) is 0 Å². The summed E-state index contributed by atoms with van der Waals surface area (Å²) in [6.07, 6.45) is 0. The summed E-state index contributed by atoms with van der Waals surface area (Å²) >= 11 is 0. The highest BCUT2D eigenvalue weighted by Crippen LogP contribution is 2.49. The number of para-hydroxylation sites is 1. The van der Waals surface area contributed by atoms with Crippen molar-refractivity contribution in [2.75, 3.05) is 0 Å². The van der Waals surface area contributed by atoms with Crippen LogP contribution in [0.25, 0.3) is 88.0 Å². The van der Waals surface area contributed by atoms with Crippen LogP contribution in [0.3, 0.4) is 0 Å². The van der Waals surface area contributed by atoms with Crippen LogP contribution in [0.1, 0.15) is 28.8 Å². The van der Waals surface area contributed by atoms with E-state index in [0.717, 1.165) is 0 Å². The largest absolute Gasteiger partial charge is 0.456 e. The van der Waals surface area contributed by atoms with Crippen molar-refractivity contribution in [2.24, 2.45) is 0 Å². The molecule has 0 saturated carbocycles. The normalized spacial score (nSPS) is 18.1. The highest BCUT2D eigenvalue weighted by atomic mass is 16.3. The first kappa shape index (κ1) is 12.2. The first-order valence-electron chi connectivity index (χ1n) is 24.2. The van der Waals surface area contributed by atoms with Crippen LogP contribution >= 0.6 is 0 Å². The second kappa shape index (κ2) is 10.4. The van der Waals surface area contributed by atoms with Gasteiger partial charge in [0.15, 0.2) is 0 Å². The van der Waals surface area contributed by atoms with Gasteiger partial charge in [0.25, 0.3) is 0 Å². The van der Waals surface area contributed by atoms with Crippen molar-refractivity contribution in [3.05, 3.63) is 169 Å². The zero-order valence-corrected chi connectivity index (χ0v) is 22.9. The molecular formula is C44H28O. The minimum Gasteiger partial charge on any atom is -0.456 e. The number of fused-ring (bicyclic) bond motifs is 5. The van der Waals surface area contributed by atoms with Gasteiger partial charge in [0.05, 0.1) is 28.8 Å². The SMILES string of the molecule is [2H]c1c([2H])c([2H])c(-c2ccc3c(-c4c([2H])c([2H])c([2H])c([2H])c4-c4c([2H])c([2H])c([2H])c([2H])c4[2H])c4ccccc4c(-c4c([2H])c([2H])c([2H])c5oc6c([2H])c([2H])c([2H])c([2H])c6c45)c3c2)c([2H])c1[2H]. The number of furan rings is 1. The van der Waals surface area contributed by atoms with Gasteiger partial charge in [0, 0.05) is 10.8 Å². The molecule has 1 heteroatoms. The Hall–Kier alpha value is -5.92. The highest BCUT2D eigenvalue weighted by Gasteiger charge is 2.22. The smallest absolute Gasteiger partial charge is 0.136 e. The Kier molecular flexibility index (Phi) is 2.82. The second-order valence-electron chi connectivity index (χ2n) is 10.1. The van der Waals surface area contributed by atoms with Gasteiger partial charge in [-0.15, -0.1) is 0 Å². The zero-order valence-electron chi connectivity index (χ0n) is 43.9. The maximum atomic E-state index is 9.52. The van der Waals surface area contributed by atoms with E-state index in [4.69, 9.17) is 29.1 Å². The average Bonchev–Trinajstić information content (AvgIpc) is 3.71. The standard InChI is InChI=1S/C44H28O/c1-3-14-29(15-4-1)31-26-27-36-39(28-31)43(38-23-13-25-41-44(38)37-22-11-12-24-40(37)45-41)35-21-10-9-20-34(35)42(36)33-19-8-7-18-32(33)30-16-5-2-6-17-30/h1-28H/i1D,2D,3D,4D,5D,6D,7D,8D,11D,12D,13D,14D,15D,16D,17D,18D,19D,22D,23D,24D,25D. The van der Waals surface area contributed by atoms with Crippen molar-refractivity contribution < 1.29 is 33.2 Å². The molecule has 0 radical (unpaired) electrons. The van der Waals surface area contributed by atoms with Gasteiger partial charge in [-0.1, -0.05) is 151 Å². The van der Waals surface area contributed by atoms with Gasteiger partial charge >= 0.3 is 0 Å². The molecular weight excluding hydrogens is 544 g/mol. The van der Waals surface area contributed by atoms with Gasteiger partial charge < -0.3 is 4.42 Å². The molecule has 1 heterocycles. The molecule has 0 amide bonds. The van der Waals surface area contributed by atoms with Crippen LogP contribution in [0.4, 0.5) is 0 Å². The molecule has 0 spiro atoms. The molecule has 0 unspecified atom stereocenters.